The highest BCUT2D eigenvalue weighted by atomic mass is 32.2. The summed E-state index contributed by atoms with van der Waals surface area (Å²) in [6.07, 6.45) is -3.27. The van der Waals surface area contributed by atoms with Gasteiger partial charge in [0, 0.05) is 11.9 Å². The Balaban J connectivity index is 2.45. The van der Waals surface area contributed by atoms with Gasteiger partial charge in [-0.3, -0.25) is 0 Å². The Morgan fingerprint density at radius 2 is 2.04 bits per heavy atom. The molecule has 0 fully saturated rings. The van der Waals surface area contributed by atoms with Crippen LogP contribution in [0.4, 0.5) is 17.6 Å². The summed E-state index contributed by atoms with van der Waals surface area (Å²) in [6, 6.07) is 2.37. The lowest BCUT2D eigenvalue weighted by molar-refractivity contribution is -0.105. The molecule has 0 aliphatic heterocycles. The third-order valence-corrected chi connectivity index (χ3v) is 4.33. The van der Waals surface area contributed by atoms with E-state index in [0.29, 0.717) is 17.3 Å². The topological polar surface area (TPSA) is 55.1 Å². The van der Waals surface area contributed by atoms with E-state index in [1.807, 2.05) is 0 Å². The van der Waals surface area contributed by atoms with E-state index in [9.17, 15) is 22.4 Å². The number of rotatable bonds is 4. The van der Waals surface area contributed by atoms with Gasteiger partial charge in [0.05, 0.1) is 17.5 Å². The van der Waals surface area contributed by atoms with Crippen LogP contribution >= 0.6 is 11.8 Å². The van der Waals surface area contributed by atoms with E-state index in [-0.39, 0.29) is 22.0 Å². The van der Waals surface area contributed by atoms with Crippen molar-refractivity contribution in [2.24, 2.45) is 7.05 Å². The van der Waals surface area contributed by atoms with Crippen molar-refractivity contribution >= 4 is 17.7 Å². The number of hydrogen-bond donors (Lipinski definition) is 1. The summed E-state index contributed by atoms with van der Waals surface area (Å²) in [5.74, 6) is -2.97. The van der Waals surface area contributed by atoms with Crippen LogP contribution < -0.4 is 0 Å². The fraction of sp³-hybridized carbons (Fsp3) is 0.286. The smallest absolute Gasteiger partial charge is 0.398 e. The van der Waals surface area contributed by atoms with Gasteiger partial charge >= 0.3 is 12.1 Å². The van der Waals surface area contributed by atoms with Crippen LogP contribution in [-0.2, 0) is 7.05 Å². The van der Waals surface area contributed by atoms with Crippen LogP contribution in [0.25, 0.3) is 11.4 Å². The lowest BCUT2D eigenvalue weighted by Gasteiger charge is -2.12. The first-order chi connectivity index (χ1) is 10.6. The van der Waals surface area contributed by atoms with Crippen molar-refractivity contribution in [1.82, 2.24) is 9.55 Å². The average Bonchev–Trinajstić information content (AvgIpc) is 2.78. The number of aromatic nitrogens is 2. The summed E-state index contributed by atoms with van der Waals surface area (Å²) in [5.41, 5.74) is 0.174. The number of benzene rings is 1. The summed E-state index contributed by atoms with van der Waals surface area (Å²) in [7, 11) is 1.40. The fourth-order valence-corrected chi connectivity index (χ4v) is 2.80. The van der Waals surface area contributed by atoms with E-state index in [2.05, 4.69) is 4.98 Å². The van der Waals surface area contributed by atoms with Gasteiger partial charge < -0.3 is 9.67 Å². The molecule has 0 spiro atoms. The third-order valence-electron chi connectivity index (χ3n) is 3.10. The van der Waals surface area contributed by atoms with Gasteiger partial charge in [-0.2, -0.15) is 13.2 Å². The maximum Gasteiger partial charge on any atom is 0.398 e. The molecule has 0 bridgehead atoms. The predicted molar refractivity (Wildman–Crippen MR) is 77.1 cm³/mol. The van der Waals surface area contributed by atoms with E-state index >= 15 is 0 Å². The van der Waals surface area contributed by atoms with E-state index in [4.69, 9.17) is 5.11 Å². The van der Waals surface area contributed by atoms with E-state index in [0.717, 1.165) is 12.3 Å². The maximum absolute atomic E-state index is 14.1. The van der Waals surface area contributed by atoms with Gasteiger partial charge in [0.2, 0.25) is 0 Å². The molecule has 1 aromatic carbocycles. The predicted octanol–water partition coefficient (Wildman–Crippen LogP) is 3.89. The van der Waals surface area contributed by atoms with Gasteiger partial charge in [0.1, 0.15) is 17.3 Å². The molecule has 2 rings (SSSR count). The van der Waals surface area contributed by atoms with Gasteiger partial charge in [0.25, 0.3) is 0 Å². The monoisotopic (exact) mass is 348 g/mol. The molecule has 4 nitrogen and oxygen atoms in total. The van der Waals surface area contributed by atoms with Gasteiger partial charge in [-0.25, -0.2) is 14.2 Å². The van der Waals surface area contributed by atoms with E-state index in [1.165, 1.54) is 24.6 Å². The molecular weight excluding hydrogens is 336 g/mol. The van der Waals surface area contributed by atoms with Gasteiger partial charge in [-0.05, 0) is 24.6 Å². The summed E-state index contributed by atoms with van der Waals surface area (Å²) in [5, 5.41) is 8.98. The molecule has 0 unspecified atom stereocenters. The minimum Gasteiger partial charge on any atom is -0.477 e. The van der Waals surface area contributed by atoms with Crippen LogP contribution in [0.1, 0.15) is 16.1 Å². The molecule has 124 valence electrons. The Morgan fingerprint density at radius 3 is 2.57 bits per heavy atom. The second-order valence-electron chi connectivity index (χ2n) is 4.83. The third kappa shape index (κ3) is 3.84. The Bertz CT molecular complexity index is 756. The SMILES string of the molecule is Cc1cc(F)c(-c2ncc(C(=O)O)n2C)cc1SCC(F)(F)F. The molecule has 1 heterocycles. The first kappa shape index (κ1) is 17.3. The summed E-state index contributed by atoms with van der Waals surface area (Å²) in [4.78, 5) is 15.1. The minimum absolute atomic E-state index is 0.0359. The number of thioether (sulfide) groups is 1. The van der Waals surface area contributed by atoms with Crippen molar-refractivity contribution < 1.29 is 27.5 Å². The van der Waals surface area contributed by atoms with Crippen molar-refractivity contribution in [1.29, 1.82) is 0 Å². The zero-order chi connectivity index (χ0) is 17.4. The highest BCUT2D eigenvalue weighted by Gasteiger charge is 2.28. The number of alkyl halides is 3. The molecule has 0 aliphatic carbocycles. The number of halogens is 4. The van der Waals surface area contributed by atoms with Crippen LogP contribution in [0.15, 0.2) is 23.2 Å². The van der Waals surface area contributed by atoms with Gasteiger partial charge in [-0.15, -0.1) is 11.8 Å². The van der Waals surface area contributed by atoms with Crippen LogP contribution in [-0.4, -0.2) is 32.6 Å². The molecule has 0 saturated carbocycles. The van der Waals surface area contributed by atoms with Gasteiger partial charge in [-0.1, -0.05) is 0 Å². The highest BCUT2D eigenvalue weighted by molar-refractivity contribution is 7.99. The number of hydrogen-bond acceptors (Lipinski definition) is 3. The fourth-order valence-electron chi connectivity index (χ4n) is 2.00. The minimum atomic E-state index is -4.34. The van der Waals surface area contributed by atoms with Crippen molar-refractivity contribution in [3.8, 4) is 11.4 Å². The normalized spacial score (nSPS) is 11.7. The number of carboxylic acids is 1. The number of carbonyl (C=O) groups is 1. The second-order valence-corrected chi connectivity index (χ2v) is 5.85. The number of aryl methyl sites for hydroxylation is 1. The number of imidazole rings is 1. The Labute approximate surface area is 133 Å². The summed E-state index contributed by atoms with van der Waals surface area (Å²) >= 11 is 0.545. The van der Waals surface area contributed by atoms with Crippen LogP contribution in [0, 0.1) is 12.7 Å². The number of carboxylic acid groups (broad SMARTS) is 1. The molecule has 23 heavy (non-hydrogen) atoms. The molecule has 1 N–H and O–H groups in total. The first-order valence-electron chi connectivity index (χ1n) is 6.35. The molecule has 0 aliphatic rings. The zero-order valence-corrected chi connectivity index (χ0v) is 12.9. The average molecular weight is 348 g/mol. The summed E-state index contributed by atoms with van der Waals surface area (Å²) in [6.45, 7) is 1.51. The molecular formula is C14H12F4N2O2S. The van der Waals surface area contributed by atoms with Crippen molar-refractivity contribution in [3.05, 3.63) is 35.4 Å². The second kappa shape index (κ2) is 6.23. The Hall–Kier alpha value is -2.03. The van der Waals surface area contributed by atoms with Crippen LogP contribution in [0.5, 0.6) is 0 Å². The largest absolute Gasteiger partial charge is 0.477 e. The Morgan fingerprint density at radius 1 is 1.39 bits per heavy atom. The van der Waals surface area contributed by atoms with Crippen LogP contribution in [0.3, 0.4) is 0 Å². The highest BCUT2D eigenvalue weighted by Crippen LogP contribution is 2.33. The maximum atomic E-state index is 14.1. The Kier molecular flexibility index (Phi) is 4.69. The lowest BCUT2D eigenvalue weighted by Crippen LogP contribution is -2.11. The van der Waals surface area contributed by atoms with E-state index in [1.54, 1.807) is 0 Å². The van der Waals surface area contributed by atoms with Crippen molar-refractivity contribution in [2.75, 3.05) is 5.75 Å². The molecule has 0 atom stereocenters. The standard InChI is InChI=1S/C14H12F4N2O2S/c1-7-3-9(15)8(4-11(7)23-6-14(16,17)18)12-19-5-10(13(21)22)20(12)2/h3-5H,6H2,1-2H3,(H,21,22). The van der Waals surface area contributed by atoms with Crippen molar-refractivity contribution in [3.63, 3.8) is 0 Å². The van der Waals surface area contributed by atoms with Crippen molar-refractivity contribution in [2.45, 2.75) is 18.0 Å². The lowest BCUT2D eigenvalue weighted by atomic mass is 10.1. The molecule has 0 amide bonds. The van der Waals surface area contributed by atoms with Crippen LogP contribution in [0.2, 0.25) is 0 Å². The molecule has 0 radical (unpaired) electrons. The summed E-state index contributed by atoms with van der Waals surface area (Å²) < 4.78 is 52.4. The number of aromatic carboxylic acids is 1. The van der Waals surface area contributed by atoms with Gasteiger partial charge in [0.15, 0.2) is 0 Å². The first-order valence-corrected chi connectivity index (χ1v) is 7.34. The molecule has 2 aromatic rings. The quantitative estimate of drug-likeness (QED) is 0.673. The molecule has 0 saturated heterocycles. The molecule has 9 heteroatoms. The van der Waals surface area contributed by atoms with E-state index < -0.39 is 23.7 Å². The number of nitrogens with zero attached hydrogens (tertiary/aromatic N) is 2. The zero-order valence-electron chi connectivity index (χ0n) is 12.1. The molecule has 1 aromatic heterocycles.